The van der Waals surface area contributed by atoms with E-state index in [2.05, 4.69) is 15.1 Å². The van der Waals surface area contributed by atoms with E-state index in [1.165, 1.54) is 19.4 Å². The number of piperazine rings is 1. The summed E-state index contributed by atoms with van der Waals surface area (Å²) >= 11 is 0. The lowest BCUT2D eigenvalue weighted by molar-refractivity contribution is 0.0571. The molecule has 2 aliphatic rings. The van der Waals surface area contributed by atoms with E-state index in [0.717, 1.165) is 30.9 Å². The summed E-state index contributed by atoms with van der Waals surface area (Å²) in [6, 6.07) is 11.9. The fourth-order valence-electron chi connectivity index (χ4n) is 3.87. The summed E-state index contributed by atoms with van der Waals surface area (Å²) in [5, 5.41) is 8.29. The summed E-state index contributed by atoms with van der Waals surface area (Å²) in [6.45, 7) is 6.29. The highest BCUT2D eigenvalue weighted by Crippen LogP contribution is 2.24. The molecule has 0 aliphatic carbocycles. The summed E-state index contributed by atoms with van der Waals surface area (Å²) in [5.74, 6) is 0.621. The molecule has 6 nitrogen and oxygen atoms in total. The van der Waals surface area contributed by atoms with Gasteiger partial charge in [-0.3, -0.25) is 9.69 Å². The minimum absolute atomic E-state index is 0.109. The van der Waals surface area contributed by atoms with E-state index in [-0.39, 0.29) is 5.91 Å². The molecule has 1 aromatic heterocycles. The molecule has 26 heavy (non-hydrogen) atoms. The van der Waals surface area contributed by atoms with Gasteiger partial charge in [-0.2, -0.15) is 0 Å². The standard InChI is InChI=1S/C20H24N4O2/c1-2-26-19-9-8-18(21-22-19)15-5-3-6-16(13-15)20(25)24-12-11-23-10-4-7-17(23)14-24/h3,5-6,8-9,13,17H,2,4,7,10-12,14H2,1H3/t17-/m1/s1. The van der Waals surface area contributed by atoms with E-state index in [1.54, 1.807) is 6.07 Å². The maximum absolute atomic E-state index is 13.0. The molecule has 0 bridgehead atoms. The zero-order chi connectivity index (χ0) is 17.9. The summed E-state index contributed by atoms with van der Waals surface area (Å²) in [6.07, 6.45) is 2.45. The van der Waals surface area contributed by atoms with Crippen LogP contribution in [0, 0.1) is 0 Å². The molecule has 1 atom stereocenters. The first kappa shape index (κ1) is 17.0. The Balaban J connectivity index is 1.50. The number of nitrogens with zero attached hydrogens (tertiary/aromatic N) is 4. The first-order valence-electron chi connectivity index (χ1n) is 9.35. The van der Waals surface area contributed by atoms with Crippen LogP contribution >= 0.6 is 0 Å². The quantitative estimate of drug-likeness (QED) is 0.846. The van der Waals surface area contributed by atoms with Gasteiger partial charge in [0.15, 0.2) is 0 Å². The second-order valence-electron chi connectivity index (χ2n) is 6.85. The van der Waals surface area contributed by atoms with Crippen molar-refractivity contribution in [2.75, 3.05) is 32.8 Å². The Hall–Kier alpha value is -2.47. The van der Waals surface area contributed by atoms with Gasteiger partial charge in [-0.05, 0) is 44.5 Å². The largest absolute Gasteiger partial charge is 0.477 e. The smallest absolute Gasteiger partial charge is 0.253 e. The molecule has 6 heteroatoms. The summed E-state index contributed by atoms with van der Waals surface area (Å²) < 4.78 is 5.33. The van der Waals surface area contributed by atoms with E-state index >= 15 is 0 Å². The van der Waals surface area contributed by atoms with E-state index < -0.39 is 0 Å². The topological polar surface area (TPSA) is 58.6 Å². The lowest BCUT2D eigenvalue weighted by Crippen LogP contribution is -2.52. The molecular formula is C20H24N4O2. The SMILES string of the molecule is CCOc1ccc(-c2cccc(C(=O)N3CCN4CCC[C@@H]4C3)c2)nn1. The van der Waals surface area contributed by atoms with E-state index in [0.29, 0.717) is 24.1 Å². The highest BCUT2D eigenvalue weighted by atomic mass is 16.5. The van der Waals surface area contributed by atoms with E-state index in [9.17, 15) is 4.79 Å². The van der Waals surface area contributed by atoms with Crippen LogP contribution in [0.15, 0.2) is 36.4 Å². The van der Waals surface area contributed by atoms with E-state index in [1.807, 2.05) is 42.2 Å². The molecule has 0 spiro atoms. The van der Waals surface area contributed by atoms with Crippen molar-refractivity contribution in [3.8, 4) is 17.1 Å². The van der Waals surface area contributed by atoms with Crippen LogP contribution in [0.3, 0.4) is 0 Å². The molecular weight excluding hydrogens is 328 g/mol. The molecule has 1 amide bonds. The maximum atomic E-state index is 13.0. The van der Waals surface area contributed by atoms with Gasteiger partial charge in [-0.1, -0.05) is 12.1 Å². The minimum Gasteiger partial charge on any atom is -0.477 e. The second kappa shape index (κ2) is 7.41. The average molecular weight is 352 g/mol. The molecule has 4 rings (SSSR count). The van der Waals surface area contributed by atoms with Gasteiger partial charge >= 0.3 is 0 Å². The van der Waals surface area contributed by atoms with Crippen molar-refractivity contribution < 1.29 is 9.53 Å². The molecule has 0 N–H and O–H groups in total. The number of hydrogen-bond donors (Lipinski definition) is 0. The van der Waals surface area contributed by atoms with Crippen LogP contribution in [-0.2, 0) is 0 Å². The van der Waals surface area contributed by atoms with Crippen molar-refractivity contribution in [2.45, 2.75) is 25.8 Å². The molecule has 2 saturated heterocycles. The predicted molar refractivity (Wildman–Crippen MR) is 99.1 cm³/mol. The van der Waals surface area contributed by atoms with Gasteiger partial charge in [0.1, 0.15) is 0 Å². The third-order valence-electron chi connectivity index (χ3n) is 5.21. The molecule has 136 valence electrons. The summed E-state index contributed by atoms with van der Waals surface area (Å²) in [7, 11) is 0. The highest BCUT2D eigenvalue weighted by Gasteiger charge is 2.32. The van der Waals surface area contributed by atoms with Crippen LogP contribution in [0.1, 0.15) is 30.1 Å². The number of aromatic nitrogens is 2. The third-order valence-corrected chi connectivity index (χ3v) is 5.21. The van der Waals surface area contributed by atoms with Crippen LogP contribution in [-0.4, -0.2) is 64.7 Å². The lowest BCUT2D eigenvalue weighted by Gasteiger charge is -2.37. The Kier molecular flexibility index (Phi) is 4.84. The second-order valence-corrected chi connectivity index (χ2v) is 6.85. The highest BCUT2D eigenvalue weighted by molar-refractivity contribution is 5.95. The maximum Gasteiger partial charge on any atom is 0.253 e. The van der Waals surface area contributed by atoms with Crippen molar-refractivity contribution in [1.82, 2.24) is 20.0 Å². The molecule has 0 unspecified atom stereocenters. The number of carbonyl (C=O) groups excluding carboxylic acids is 1. The van der Waals surface area contributed by atoms with Crippen LogP contribution in [0.2, 0.25) is 0 Å². The van der Waals surface area contributed by atoms with Crippen molar-refractivity contribution in [3.05, 3.63) is 42.0 Å². The molecule has 2 aliphatic heterocycles. The number of carbonyl (C=O) groups is 1. The van der Waals surface area contributed by atoms with Gasteiger partial charge < -0.3 is 9.64 Å². The van der Waals surface area contributed by atoms with Gasteiger partial charge in [0.2, 0.25) is 5.88 Å². The van der Waals surface area contributed by atoms with Crippen LogP contribution in [0.25, 0.3) is 11.3 Å². The van der Waals surface area contributed by atoms with Gasteiger partial charge in [0.25, 0.3) is 5.91 Å². The average Bonchev–Trinajstić information content (AvgIpc) is 3.16. The number of amides is 1. The zero-order valence-corrected chi connectivity index (χ0v) is 15.1. The van der Waals surface area contributed by atoms with Crippen molar-refractivity contribution in [2.24, 2.45) is 0 Å². The Labute approximate surface area is 153 Å². The zero-order valence-electron chi connectivity index (χ0n) is 15.1. The summed E-state index contributed by atoms with van der Waals surface area (Å²) in [4.78, 5) is 17.5. The molecule has 3 heterocycles. The van der Waals surface area contributed by atoms with Crippen molar-refractivity contribution in [1.29, 1.82) is 0 Å². The Morgan fingerprint density at radius 3 is 2.92 bits per heavy atom. The molecule has 2 aromatic rings. The summed E-state index contributed by atoms with van der Waals surface area (Å²) in [5.41, 5.74) is 2.35. The van der Waals surface area contributed by atoms with Crippen LogP contribution in [0.5, 0.6) is 5.88 Å². The molecule has 0 radical (unpaired) electrons. The number of ether oxygens (including phenoxy) is 1. The Bertz CT molecular complexity index is 778. The Morgan fingerprint density at radius 1 is 1.19 bits per heavy atom. The number of fused-ring (bicyclic) bond motifs is 1. The molecule has 2 fully saturated rings. The van der Waals surface area contributed by atoms with E-state index in [4.69, 9.17) is 4.74 Å². The third kappa shape index (κ3) is 3.42. The Morgan fingerprint density at radius 2 is 2.12 bits per heavy atom. The number of benzene rings is 1. The minimum atomic E-state index is 0.109. The monoisotopic (exact) mass is 352 g/mol. The predicted octanol–water partition coefficient (Wildman–Crippen LogP) is 2.46. The fraction of sp³-hybridized carbons (Fsp3) is 0.450. The first-order chi connectivity index (χ1) is 12.7. The van der Waals surface area contributed by atoms with Gasteiger partial charge in [0.05, 0.1) is 12.3 Å². The molecule has 0 saturated carbocycles. The normalized spacial score (nSPS) is 20.0. The fourth-order valence-corrected chi connectivity index (χ4v) is 3.87. The van der Waals surface area contributed by atoms with Gasteiger partial charge in [-0.15, -0.1) is 10.2 Å². The van der Waals surface area contributed by atoms with Crippen LogP contribution in [0.4, 0.5) is 0 Å². The first-order valence-corrected chi connectivity index (χ1v) is 9.35. The van der Waals surface area contributed by atoms with Gasteiger partial charge in [0, 0.05) is 42.9 Å². The number of hydrogen-bond acceptors (Lipinski definition) is 5. The lowest BCUT2D eigenvalue weighted by atomic mass is 10.1. The van der Waals surface area contributed by atoms with Crippen molar-refractivity contribution in [3.63, 3.8) is 0 Å². The number of rotatable bonds is 4. The van der Waals surface area contributed by atoms with Gasteiger partial charge in [-0.25, -0.2) is 0 Å². The molecule has 1 aromatic carbocycles. The van der Waals surface area contributed by atoms with Crippen molar-refractivity contribution >= 4 is 5.91 Å². The van der Waals surface area contributed by atoms with Crippen LogP contribution < -0.4 is 4.74 Å².